The molecule has 1 aliphatic carbocycles. The van der Waals surface area contributed by atoms with Gasteiger partial charge in [0.2, 0.25) is 0 Å². The normalized spacial score (nSPS) is 38.4. The molecule has 0 saturated heterocycles. The molecule has 3 unspecified atom stereocenters. The smallest absolute Gasteiger partial charge is 0.176 e. The second kappa shape index (κ2) is 3.12. The Morgan fingerprint density at radius 1 is 1.47 bits per heavy atom. The molecule has 0 N–H and O–H groups in total. The van der Waals surface area contributed by atoms with Gasteiger partial charge in [0.15, 0.2) is 11.9 Å². The highest BCUT2D eigenvalue weighted by molar-refractivity contribution is 5.73. The van der Waals surface area contributed by atoms with Crippen molar-refractivity contribution in [2.45, 2.75) is 44.6 Å². The van der Waals surface area contributed by atoms with Crippen molar-refractivity contribution in [1.29, 1.82) is 0 Å². The van der Waals surface area contributed by atoms with E-state index in [0.29, 0.717) is 0 Å². The van der Waals surface area contributed by atoms with Crippen LogP contribution in [0, 0.1) is 12.8 Å². The van der Waals surface area contributed by atoms with Crippen LogP contribution in [0.2, 0.25) is 0 Å². The van der Waals surface area contributed by atoms with E-state index in [0.717, 1.165) is 24.9 Å². The average Bonchev–Trinajstić information content (AvgIpc) is 2.69. The maximum atomic E-state index is 11.7. The number of hydrogen-bond donors (Lipinski definition) is 0. The van der Waals surface area contributed by atoms with Crippen LogP contribution in [0.25, 0.3) is 0 Å². The van der Waals surface area contributed by atoms with Gasteiger partial charge in [0.25, 0.3) is 0 Å². The van der Waals surface area contributed by atoms with Crippen molar-refractivity contribution in [3.63, 3.8) is 0 Å². The fraction of sp³-hybridized carbons (Fsp3) is 0.533. The molecule has 1 heterocycles. The third-order valence-corrected chi connectivity index (χ3v) is 4.86. The first kappa shape index (κ1) is 10.8. The summed E-state index contributed by atoms with van der Waals surface area (Å²) in [7, 11) is 0. The van der Waals surface area contributed by atoms with Crippen LogP contribution in [-0.4, -0.2) is 11.9 Å². The second-order valence-electron chi connectivity index (χ2n) is 5.78. The van der Waals surface area contributed by atoms with E-state index in [4.69, 9.17) is 4.74 Å². The zero-order valence-corrected chi connectivity index (χ0v) is 10.6. The predicted molar refractivity (Wildman–Crippen MR) is 66.4 cm³/mol. The van der Waals surface area contributed by atoms with Crippen LogP contribution in [0.1, 0.15) is 37.8 Å². The number of aryl methyl sites for hydroxylation is 1. The molecule has 0 radical (unpaired) electrons. The van der Waals surface area contributed by atoms with E-state index in [1.165, 1.54) is 11.1 Å². The minimum absolute atomic E-state index is 0.142. The van der Waals surface area contributed by atoms with E-state index in [9.17, 15) is 4.79 Å². The Kier molecular flexibility index (Phi) is 1.99. The highest BCUT2D eigenvalue weighted by Gasteiger charge is 2.63. The number of carbonyl (C=O) groups excluding carboxylic acids is 1. The molecule has 2 aliphatic rings. The van der Waals surface area contributed by atoms with Gasteiger partial charge in [-0.15, -0.1) is 0 Å². The molecule has 1 saturated carbocycles. The van der Waals surface area contributed by atoms with Gasteiger partial charge in [0, 0.05) is 16.9 Å². The SMILES string of the molecule is Cc1ccc2c(c1)OC1(C=O)C(C)CCC21C. The van der Waals surface area contributed by atoms with Gasteiger partial charge in [-0.25, -0.2) is 0 Å². The Morgan fingerprint density at radius 3 is 2.94 bits per heavy atom. The van der Waals surface area contributed by atoms with Crippen molar-refractivity contribution < 1.29 is 9.53 Å². The van der Waals surface area contributed by atoms with Crippen LogP contribution in [0.4, 0.5) is 0 Å². The van der Waals surface area contributed by atoms with Crippen molar-refractivity contribution >= 4 is 6.29 Å². The van der Waals surface area contributed by atoms with E-state index in [1.807, 2.05) is 0 Å². The standard InChI is InChI=1S/C15H18O2/c1-10-4-5-12-13(8-10)17-15(9-16)11(2)6-7-14(12,15)3/h4-5,8-9,11H,6-7H2,1-3H3. The highest BCUT2D eigenvalue weighted by atomic mass is 16.5. The Hall–Kier alpha value is -1.31. The minimum atomic E-state index is -0.636. The number of benzene rings is 1. The number of ether oxygens (including phenoxy) is 1. The molecule has 17 heavy (non-hydrogen) atoms. The van der Waals surface area contributed by atoms with Crippen molar-refractivity contribution in [1.82, 2.24) is 0 Å². The number of aldehydes is 1. The second-order valence-corrected chi connectivity index (χ2v) is 5.78. The van der Waals surface area contributed by atoms with Crippen molar-refractivity contribution in [2.75, 3.05) is 0 Å². The van der Waals surface area contributed by atoms with Gasteiger partial charge in [-0.3, -0.25) is 4.79 Å². The number of hydrogen-bond acceptors (Lipinski definition) is 2. The molecule has 3 atom stereocenters. The zero-order valence-electron chi connectivity index (χ0n) is 10.6. The molecule has 90 valence electrons. The zero-order chi connectivity index (χ0) is 12.3. The topological polar surface area (TPSA) is 26.3 Å². The van der Waals surface area contributed by atoms with Gasteiger partial charge < -0.3 is 4.74 Å². The van der Waals surface area contributed by atoms with Crippen LogP contribution in [0.5, 0.6) is 5.75 Å². The summed E-state index contributed by atoms with van der Waals surface area (Å²) < 4.78 is 6.10. The van der Waals surface area contributed by atoms with Crippen LogP contribution < -0.4 is 4.74 Å². The predicted octanol–water partition coefficient (Wildman–Crippen LogP) is 3.01. The molecule has 3 rings (SSSR count). The van der Waals surface area contributed by atoms with E-state index in [1.54, 1.807) is 0 Å². The molecule has 0 bridgehead atoms. The van der Waals surface area contributed by atoms with Crippen molar-refractivity contribution in [2.24, 2.45) is 5.92 Å². The quantitative estimate of drug-likeness (QED) is 0.693. The summed E-state index contributed by atoms with van der Waals surface area (Å²) in [5, 5.41) is 0. The lowest BCUT2D eigenvalue weighted by molar-refractivity contribution is -0.126. The molecular weight excluding hydrogens is 212 g/mol. The third-order valence-electron chi connectivity index (χ3n) is 4.86. The van der Waals surface area contributed by atoms with Crippen LogP contribution >= 0.6 is 0 Å². The lowest BCUT2D eigenvalue weighted by Gasteiger charge is -2.34. The first-order valence-electron chi connectivity index (χ1n) is 6.30. The molecule has 1 aliphatic heterocycles. The van der Waals surface area contributed by atoms with Crippen LogP contribution in [0.3, 0.4) is 0 Å². The Balaban J connectivity index is 2.23. The monoisotopic (exact) mass is 230 g/mol. The van der Waals surface area contributed by atoms with Gasteiger partial charge in [0.05, 0.1) is 0 Å². The number of rotatable bonds is 1. The van der Waals surface area contributed by atoms with Crippen molar-refractivity contribution in [3.05, 3.63) is 29.3 Å². The molecule has 1 fully saturated rings. The summed E-state index contributed by atoms with van der Waals surface area (Å²) in [4.78, 5) is 11.7. The summed E-state index contributed by atoms with van der Waals surface area (Å²) in [5.74, 6) is 1.20. The number of carbonyl (C=O) groups is 1. The minimum Gasteiger partial charge on any atom is -0.478 e. The molecule has 1 aromatic carbocycles. The van der Waals surface area contributed by atoms with Crippen LogP contribution in [0.15, 0.2) is 18.2 Å². The highest BCUT2D eigenvalue weighted by Crippen LogP contribution is 2.59. The van der Waals surface area contributed by atoms with E-state index < -0.39 is 5.60 Å². The Morgan fingerprint density at radius 2 is 2.24 bits per heavy atom. The summed E-state index contributed by atoms with van der Waals surface area (Å²) in [6, 6.07) is 6.29. The first-order valence-corrected chi connectivity index (χ1v) is 6.30. The first-order chi connectivity index (χ1) is 8.03. The third kappa shape index (κ3) is 1.09. The summed E-state index contributed by atoms with van der Waals surface area (Å²) in [6.45, 7) is 6.35. The Bertz CT molecular complexity index is 494. The van der Waals surface area contributed by atoms with Gasteiger partial charge in [0.1, 0.15) is 5.75 Å². The van der Waals surface area contributed by atoms with E-state index in [2.05, 4.69) is 39.0 Å². The van der Waals surface area contributed by atoms with Gasteiger partial charge in [-0.1, -0.05) is 26.0 Å². The molecule has 1 aromatic rings. The van der Waals surface area contributed by atoms with Gasteiger partial charge >= 0.3 is 0 Å². The fourth-order valence-electron chi connectivity index (χ4n) is 3.64. The average molecular weight is 230 g/mol. The van der Waals surface area contributed by atoms with Crippen molar-refractivity contribution in [3.8, 4) is 5.75 Å². The Labute approximate surface area is 102 Å². The van der Waals surface area contributed by atoms with Gasteiger partial charge in [-0.05, 0) is 31.4 Å². The molecular formula is C15H18O2. The lowest BCUT2D eigenvalue weighted by Crippen LogP contribution is -2.50. The van der Waals surface area contributed by atoms with E-state index >= 15 is 0 Å². The van der Waals surface area contributed by atoms with Gasteiger partial charge in [-0.2, -0.15) is 0 Å². The molecule has 0 amide bonds. The fourth-order valence-corrected chi connectivity index (χ4v) is 3.64. The summed E-state index contributed by atoms with van der Waals surface area (Å²) >= 11 is 0. The molecule has 0 spiro atoms. The molecule has 2 nitrogen and oxygen atoms in total. The number of fused-ring (bicyclic) bond motifs is 3. The molecule has 2 heteroatoms. The largest absolute Gasteiger partial charge is 0.478 e. The molecule has 0 aromatic heterocycles. The lowest BCUT2D eigenvalue weighted by atomic mass is 9.71. The maximum Gasteiger partial charge on any atom is 0.176 e. The van der Waals surface area contributed by atoms with Crippen LogP contribution in [-0.2, 0) is 10.2 Å². The summed E-state index contributed by atoms with van der Waals surface area (Å²) in [6.07, 6.45) is 3.13. The van der Waals surface area contributed by atoms with E-state index in [-0.39, 0.29) is 11.3 Å². The summed E-state index contributed by atoms with van der Waals surface area (Å²) in [5.41, 5.74) is 1.61. The maximum absolute atomic E-state index is 11.7.